The molecule has 0 atom stereocenters. The zero-order valence-corrected chi connectivity index (χ0v) is 15.9. The van der Waals surface area contributed by atoms with E-state index in [9.17, 15) is 4.79 Å². The molecule has 0 bridgehead atoms. The molecule has 2 heterocycles. The van der Waals surface area contributed by atoms with Gasteiger partial charge in [0.05, 0.1) is 5.69 Å². The van der Waals surface area contributed by atoms with E-state index >= 15 is 0 Å². The average molecular weight is 368 g/mol. The van der Waals surface area contributed by atoms with Crippen molar-refractivity contribution < 1.29 is 4.79 Å². The van der Waals surface area contributed by atoms with Gasteiger partial charge in [-0.25, -0.2) is 0 Å². The van der Waals surface area contributed by atoms with E-state index in [0.717, 1.165) is 38.0 Å². The maximum Gasteiger partial charge on any atom is 0.227 e. The van der Waals surface area contributed by atoms with Crippen LogP contribution < -0.4 is 10.2 Å². The fourth-order valence-corrected chi connectivity index (χ4v) is 4.53. The summed E-state index contributed by atoms with van der Waals surface area (Å²) in [6.45, 7) is 1.65. The number of carbonyl (C=O) groups excluding carboxylic acids is 1. The molecule has 3 aromatic carbocycles. The summed E-state index contributed by atoms with van der Waals surface area (Å²) in [5, 5.41) is 3.64. The number of nitrogens with zero attached hydrogens (tertiary/aromatic N) is 1. The van der Waals surface area contributed by atoms with Gasteiger partial charge in [-0.3, -0.25) is 4.79 Å². The molecule has 3 heteroatoms. The molecule has 0 spiro atoms. The third kappa shape index (κ3) is 3.07. The molecule has 3 nitrogen and oxygen atoms in total. The molecule has 0 aromatic heterocycles. The molecule has 3 aromatic rings. The zero-order valence-electron chi connectivity index (χ0n) is 15.9. The van der Waals surface area contributed by atoms with Crippen molar-refractivity contribution in [3.05, 3.63) is 83.4 Å². The first-order valence-corrected chi connectivity index (χ1v) is 10.1. The molecule has 0 aliphatic carbocycles. The second-order valence-corrected chi connectivity index (χ2v) is 7.67. The van der Waals surface area contributed by atoms with Crippen LogP contribution in [-0.2, 0) is 24.2 Å². The highest BCUT2D eigenvalue weighted by Gasteiger charge is 2.29. The van der Waals surface area contributed by atoms with Gasteiger partial charge in [0.25, 0.3) is 0 Å². The molecule has 0 saturated heterocycles. The molecule has 0 radical (unpaired) electrons. The summed E-state index contributed by atoms with van der Waals surface area (Å²) in [5.74, 6) is 0.283. The molecule has 0 saturated carbocycles. The van der Waals surface area contributed by atoms with Gasteiger partial charge in [0.2, 0.25) is 5.91 Å². The van der Waals surface area contributed by atoms with E-state index in [4.69, 9.17) is 0 Å². The van der Waals surface area contributed by atoms with Gasteiger partial charge in [-0.15, -0.1) is 0 Å². The predicted molar refractivity (Wildman–Crippen MR) is 115 cm³/mol. The summed E-state index contributed by atoms with van der Waals surface area (Å²) in [6.07, 6.45) is 3.60. The van der Waals surface area contributed by atoms with Gasteiger partial charge in [-0.1, -0.05) is 54.6 Å². The highest BCUT2D eigenvalue weighted by atomic mass is 16.2. The van der Waals surface area contributed by atoms with Crippen molar-refractivity contribution in [2.24, 2.45) is 0 Å². The van der Waals surface area contributed by atoms with Crippen molar-refractivity contribution in [2.75, 3.05) is 16.8 Å². The molecule has 2 aliphatic heterocycles. The van der Waals surface area contributed by atoms with Gasteiger partial charge in [0, 0.05) is 25.2 Å². The predicted octanol–water partition coefficient (Wildman–Crippen LogP) is 5.19. The molecular weight excluding hydrogens is 344 g/mol. The lowest BCUT2D eigenvalue weighted by Crippen LogP contribution is -2.39. The molecule has 0 fully saturated rings. The van der Waals surface area contributed by atoms with Crippen molar-refractivity contribution in [3.8, 4) is 11.1 Å². The lowest BCUT2D eigenvalue weighted by molar-refractivity contribution is -0.119. The second kappa shape index (κ2) is 7.16. The van der Waals surface area contributed by atoms with E-state index in [2.05, 4.69) is 72.0 Å². The number of nitrogens with one attached hydrogen (secondary N) is 1. The summed E-state index contributed by atoms with van der Waals surface area (Å²) < 4.78 is 0. The number of aryl methyl sites for hydroxylation is 2. The van der Waals surface area contributed by atoms with E-state index < -0.39 is 0 Å². The van der Waals surface area contributed by atoms with E-state index in [-0.39, 0.29) is 5.91 Å². The number of hydrogen-bond acceptors (Lipinski definition) is 2. The smallest absolute Gasteiger partial charge is 0.227 e. The molecule has 0 unspecified atom stereocenters. The highest BCUT2D eigenvalue weighted by Crippen LogP contribution is 2.38. The lowest BCUT2D eigenvalue weighted by Gasteiger charge is -2.35. The van der Waals surface area contributed by atoms with Crippen LogP contribution in [0, 0.1) is 0 Å². The van der Waals surface area contributed by atoms with Crippen LogP contribution in [0.15, 0.2) is 66.7 Å². The van der Waals surface area contributed by atoms with Crippen molar-refractivity contribution >= 4 is 17.3 Å². The van der Waals surface area contributed by atoms with Gasteiger partial charge in [-0.2, -0.15) is 0 Å². The Hall–Kier alpha value is -3.07. The van der Waals surface area contributed by atoms with Gasteiger partial charge >= 0.3 is 0 Å². The fourth-order valence-electron chi connectivity index (χ4n) is 4.53. The Morgan fingerprint density at radius 2 is 1.61 bits per heavy atom. The molecular formula is C25H24N2O. The third-order valence-corrected chi connectivity index (χ3v) is 5.86. The highest BCUT2D eigenvalue weighted by molar-refractivity contribution is 5.98. The van der Waals surface area contributed by atoms with Crippen LogP contribution in [0.2, 0.25) is 0 Å². The quantitative estimate of drug-likeness (QED) is 0.687. The largest absolute Gasteiger partial charge is 0.381 e. The van der Waals surface area contributed by atoms with Crippen LogP contribution in [0.4, 0.5) is 11.4 Å². The van der Waals surface area contributed by atoms with Gasteiger partial charge in [0.1, 0.15) is 0 Å². The molecule has 140 valence electrons. The van der Waals surface area contributed by atoms with Crippen LogP contribution in [0.3, 0.4) is 0 Å². The summed E-state index contributed by atoms with van der Waals surface area (Å²) >= 11 is 0. The van der Waals surface area contributed by atoms with Crippen LogP contribution in [-0.4, -0.2) is 12.5 Å². The van der Waals surface area contributed by atoms with Crippen molar-refractivity contribution in [3.63, 3.8) is 0 Å². The minimum absolute atomic E-state index is 0.283. The van der Waals surface area contributed by atoms with E-state index in [1.54, 1.807) is 0 Å². The number of carbonyl (C=O) groups is 1. The lowest BCUT2D eigenvalue weighted by atomic mass is 9.91. The van der Waals surface area contributed by atoms with Gasteiger partial charge in [0.15, 0.2) is 0 Å². The van der Waals surface area contributed by atoms with E-state index in [1.165, 1.54) is 33.5 Å². The van der Waals surface area contributed by atoms with Crippen LogP contribution in [0.25, 0.3) is 11.1 Å². The number of amides is 1. The van der Waals surface area contributed by atoms with E-state index in [0.29, 0.717) is 6.42 Å². The van der Waals surface area contributed by atoms with Crippen molar-refractivity contribution in [1.82, 2.24) is 0 Å². The average Bonchev–Trinajstić information content (AvgIpc) is 2.75. The summed E-state index contributed by atoms with van der Waals surface area (Å²) in [6, 6.07) is 23.6. The molecule has 28 heavy (non-hydrogen) atoms. The Morgan fingerprint density at radius 1 is 0.857 bits per heavy atom. The minimum atomic E-state index is 0.283. The standard InChI is InChI=1S/C25H24N2O/c28-24-13-12-20-16-22(15-19-10-6-14-27(24)25(19)20)26-17-21-9-4-5-11-23(21)18-7-2-1-3-8-18/h1-5,7-9,11,15-16,26H,6,10,12-14,17H2. The second-order valence-electron chi connectivity index (χ2n) is 7.67. The Morgan fingerprint density at radius 3 is 2.46 bits per heavy atom. The monoisotopic (exact) mass is 368 g/mol. The molecule has 5 rings (SSSR count). The van der Waals surface area contributed by atoms with E-state index in [1.807, 2.05) is 4.90 Å². The number of rotatable bonds is 4. The normalized spacial score (nSPS) is 15.3. The molecule has 2 aliphatic rings. The maximum absolute atomic E-state index is 12.3. The Labute approximate surface area is 166 Å². The SMILES string of the molecule is O=C1CCc2cc(NCc3ccccc3-c3ccccc3)cc3c2N1CCC3. The Bertz CT molecular complexity index is 1010. The summed E-state index contributed by atoms with van der Waals surface area (Å²) in [5.41, 5.74) is 8.79. The maximum atomic E-state index is 12.3. The van der Waals surface area contributed by atoms with Crippen molar-refractivity contribution in [1.29, 1.82) is 0 Å². The number of anilines is 2. The topological polar surface area (TPSA) is 32.3 Å². The molecule has 1 amide bonds. The van der Waals surface area contributed by atoms with Crippen LogP contribution in [0.5, 0.6) is 0 Å². The van der Waals surface area contributed by atoms with Gasteiger partial charge < -0.3 is 10.2 Å². The molecule has 1 N–H and O–H groups in total. The first kappa shape index (κ1) is 17.1. The summed E-state index contributed by atoms with van der Waals surface area (Å²) in [4.78, 5) is 14.3. The zero-order chi connectivity index (χ0) is 18.9. The number of hydrogen-bond donors (Lipinski definition) is 1. The van der Waals surface area contributed by atoms with Crippen molar-refractivity contribution in [2.45, 2.75) is 32.2 Å². The first-order chi connectivity index (χ1) is 13.8. The Balaban J connectivity index is 1.43. The van der Waals surface area contributed by atoms with Gasteiger partial charge in [-0.05, 0) is 59.2 Å². The third-order valence-electron chi connectivity index (χ3n) is 5.86. The Kier molecular flexibility index (Phi) is 4.36. The fraction of sp³-hybridized carbons (Fsp3) is 0.240. The minimum Gasteiger partial charge on any atom is -0.381 e. The van der Waals surface area contributed by atoms with Crippen LogP contribution >= 0.6 is 0 Å². The first-order valence-electron chi connectivity index (χ1n) is 10.1. The summed E-state index contributed by atoms with van der Waals surface area (Å²) in [7, 11) is 0. The van der Waals surface area contributed by atoms with Crippen LogP contribution in [0.1, 0.15) is 29.5 Å². The number of benzene rings is 3.